The van der Waals surface area contributed by atoms with E-state index in [4.69, 9.17) is 0 Å². The third-order valence-corrected chi connectivity index (χ3v) is 2.29. The van der Waals surface area contributed by atoms with Gasteiger partial charge in [0, 0.05) is 28.2 Å². The molecule has 0 aliphatic heterocycles. The molecule has 2 aromatic rings. The first-order valence-electron chi connectivity index (χ1n) is 4.27. The maximum atomic E-state index is 3.96. The Hall–Kier alpha value is -1.35. The van der Waals surface area contributed by atoms with Crippen LogP contribution < -0.4 is 5.32 Å². The lowest BCUT2D eigenvalue weighted by Crippen LogP contribution is -1.89. The molecule has 0 atom stereocenters. The molecule has 0 saturated heterocycles. The average molecular weight is 249 g/mol. The van der Waals surface area contributed by atoms with Gasteiger partial charge in [-0.2, -0.15) is 0 Å². The number of hydrogen-bond acceptors (Lipinski definition) is 2. The molecule has 14 heavy (non-hydrogen) atoms. The predicted octanol–water partition coefficient (Wildman–Crippen LogP) is 3.59. The van der Waals surface area contributed by atoms with Gasteiger partial charge in [0.25, 0.3) is 0 Å². The molecule has 0 bridgehead atoms. The zero-order valence-corrected chi connectivity index (χ0v) is 9.03. The lowest BCUT2D eigenvalue weighted by Gasteiger charge is -2.05. The molecule has 0 spiro atoms. The zero-order chi connectivity index (χ0) is 9.80. The van der Waals surface area contributed by atoms with Gasteiger partial charge in [-0.15, -0.1) is 0 Å². The maximum Gasteiger partial charge on any atom is 0.0415 e. The summed E-state index contributed by atoms with van der Waals surface area (Å²) in [7, 11) is 0. The van der Waals surface area contributed by atoms with Gasteiger partial charge >= 0.3 is 0 Å². The van der Waals surface area contributed by atoms with Gasteiger partial charge in [0.15, 0.2) is 0 Å². The van der Waals surface area contributed by atoms with Gasteiger partial charge in [-0.05, 0) is 30.3 Å². The fourth-order valence-electron chi connectivity index (χ4n) is 1.17. The molecule has 0 aliphatic rings. The number of aromatic nitrogens is 1. The minimum absolute atomic E-state index is 1.04. The SMILES string of the molecule is Brc1cccc(Nc2ccncc2)c1. The van der Waals surface area contributed by atoms with Crippen LogP contribution in [-0.2, 0) is 0 Å². The highest BCUT2D eigenvalue weighted by atomic mass is 79.9. The summed E-state index contributed by atoms with van der Waals surface area (Å²) in [5.41, 5.74) is 2.10. The fourth-order valence-corrected chi connectivity index (χ4v) is 1.57. The zero-order valence-electron chi connectivity index (χ0n) is 7.44. The largest absolute Gasteiger partial charge is 0.355 e. The van der Waals surface area contributed by atoms with Crippen LogP contribution in [0.25, 0.3) is 0 Å². The van der Waals surface area contributed by atoms with Crippen molar-refractivity contribution in [3.63, 3.8) is 0 Å². The van der Waals surface area contributed by atoms with E-state index in [-0.39, 0.29) is 0 Å². The van der Waals surface area contributed by atoms with Crippen molar-refractivity contribution in [3.05, 3.63) is 53.3 Å². The summed E-state index contributed by atoms with van der Waals surface area (Å²) in [5.74, 6) is 0. The minimum Gasteiger partial charge on any atom is -0.355 e. The first-order chi connectivity index (χ1) is 6.84. The second-order valence-corrected chi connectivity index (χ2v) is 3.79. The van der Waals surface area contributed by atoms with Crippen LogP contribution in [0.4, 0.5) is 11.4 Å². The highest BCUT2D eigenvalue weighted by molar-refractivity contribution is 9.10. The monoisotopic (exact) mass is 248 g/mol. The molecule has 1 aromatic heterocycles. The summed E-state index contributed by atoms with van der Waals surface area (Å²) >= 11 is 3.42. The molecule has 3 heteroatoms. The van der Waals surface area contributed by atoms with E-state index in [2.05, 4.69) is 26.2 Å². The summed E-state index contributed by atoms with van der Waals surface area (Å²) in [5, 5.41) is 3.27. The molecular weight excluding hydrogens is 240 g/mol. The number of halogens is 1. The van der Waals surface area contributed by atoms with Crippen molar-refractivity contribution < 1.29 is 0 Å². The van der Waals surface area contributed by atoms with E-state index in [1.807, 2.05) is 36.4 Å². The Balaban J connectivity index is 2.19. The Kier molecular flexibility index (Phi) is 2.79. The lowest BCUT2D eigenvalue weighted by atomic mass is 10.3. The first-order valence-corrected chi connectivity index (χ1v) is 5.06. The summed E-state index contributed by atoms with van der Waals surface area (Å²) in [6.07, 6.45) is 3.53. The van der Waals surface area contributed by atoms with Crippen LogP contribution in [0.15, 0.2) is 53.3 Å². The Bertz CT molecular complexity index is 415. The maximum absolute atomic E-state index is 3.96. The number of anilines is 2. The fraction of sp³-hybridized carbons (Fsp3) is 0. The summed E-state index contributed by atoms with van der Waals surface area (Å²) in [6.45, 7) is 0. The highest BCUT2D eigenvalue weighted by Crippen LogP contribution is 2.19. The second kappa shape index (κ2) is 4.24. The van der Waals surface area contributed by atoms with Gasteiger partial charge in [0.1, 0.15) is 0 Å². The Labute approximate surface area is 91.1 Å². The van der Waals surface area contributed by atoms with Crippen molar-refractivity contribution in [2.75, 3.05) is 5.32 Å². The van der Waals surface area contributed by atoms with E-state index in [9.17, 15) is 0 Å². The van der Waals surface area contributed by atoms with Crippen LogP contribution >= 0.6 is 15.9 Å². The quantitative estimate of drug-likeness (QED) is 0.879. The van der Waals surface area contributed by atoms with Gasteiger partial charge in [-0.1, -0.05) is 22.0 Å². The molecule has 1 heterocycles. The van der Waals surface area contributed by atoms with Crippen LogP contribution in [0.1, 0.15) is 0 Å². The highest BCUT2D eigenvalue weighted by Gasteiger charge is 1.93. The van der Waals surface area contributed by atoms with E-state index < -0.39 is 0 Å². The number of pyridine rings is 1. The molecule has 0 aliphatic carbocycles. The van der Waals surface area contributed by atoms with Crippen LogP contribution in [0, 0.1) is 0 Å². The summed E-state index contributed by atoms with van der Waals surface area (Å²) < 4.78 is 1.07. The van der Waals surface area contributed by atoms with E-state index in [1.165, 1.54) is 0 Å². The number of benzene rings is 1. The van der Waals surface area contributed by atoms with Gasteiger partial charge in [0.2, 0.25) is 0 Å². The van der Waals surface area contributed by atoms with Crippen LogP contribution in [-0.4, -0.2) is 4.98 Å². The van der Waals surface area contributed by atoms with Gasteiger partial charge < -0.3 is 5.32 Å². The summed E-state index contributed by atoms with van der Waals surface area (Å²) in [6, 6.07) is 11.9. The molecule has 70 valence electrons. The van der Waals surface area contributed by atoms with Crippen molar-refractivity contribution in [1.29, 1.82) is 0 Å². The summed E-state index contributed by atoms with van der Waals surface area (Å²) in [4.78, 5) is 3.96. The van der Waals surface area contributed by atoms with E-state index >= 15 is 0 Å². The van der Waals surface area contributed by atoms with Gasteiger partial charge in [-0.25, -0.2) is 0 Å². The third kappa shape index (κ3) is 2.33. The van der Waals surface area contributed by atoms with Crippen molar-refractivity contribution >= 4 is 27.3 Å². The number of rotatable bonds is 2. The molecule has 1 N–H and O–H groups in total. The second-order valence-electron chi connectivity index (χ2n) is 2.87. The van der Waals surface area contributed by atoms with Crippen molar-refractivity contribution in [2.45, 2.75) is 0 Å². The van der Waals surface area contributed by atoms with E-state index in [0.717, 1.165) is 15.8 Å². The normalized spacial score (nSPS) is 9.79. The number of nitrogens with zero attached hydrogens (tertiary/aromatic N) is 1. The lowest BCUT2D eigenvalue weighted by molar-refractivity contribution is 1.32. The molecule has 0 unspecified atom stereocenters. The molecule has 1 aromatic carbocycles. The number of hydrogen-bond donors (Lipinski definition) is 1. The van der Waals surface area contributed by atoms with Crippen LogP contribution in [0.2, 0.25) is 0 Å². The molecule has 0 saturated carbocycles. The third-order valence-electron chi connectivity index (χ3n) is 1.79. The van der Waals surface area contributed by atoms with Crippen LogP contribution in [0.3, 0.4) is 0 Å². The first kappa shape index (κ1) is 9.21. The smallest absolute Gasteiger partial charge is 0.0415 e. The van der Waals surface area contributed by atoms with E-state index in [1.54, 1.807) is 12.4 Å². The predicted molar refractivity (Wildman–Crippen MR) is 61.7 cm³/mol. The van der Waals surface area contributed by atoms with Crippen molar-refractivity contribution in [1.82, 2.24) is 4.98 Å². The Morgan fingerprint density at radius 1 is 1.00 bits per heavy atom. The molecule has 0 fully saturated rings. The van der Waals surface area contributed by atoms with E-state index in [0.29, 0.717) is 0 Å². The molecule has 0 radical (unpaired) electrons. The average Bonchev–Trinajstić information content (AvgIpc) is 2.19. The molecule has 2 nitrogen and oxygen atoms in total. The van der Waals surface area contributed by atoms with Crippen LogP contribution in [0.5, 0.6) is 0 Å². The van der Waals surface area contributed by atoms with Gasteiger partial charge in [-0.3, -0.25) is 4.98 Å². The van der Waals surface area contributed by atoms with Crippen molar-refractivity contribution in [2.24, 2.45) is 0 Å². The minimum atomic E-state index is 1.04. The standard InChI is InChI=1S/C11H9BrN2/c12-9-2-1-3-11(8-9)14-10-4-6-13-7-5-10/h1-8H,(H,13,14). The topological polar surface area (TPSA) is 24.9 Å². The van der Waals surface area contributed by atoms with Gasteiger partial charge in [0.05, 0.1) is 0 Å². The number of nitrogens with one attached hydrogen (secondary N) is 1. The molecule has 2 rings (SSSR count). The Morgan fingerprint density at radius 3 is 2.50 bits per heavy atom. The Morgan fingerprint density at radius 2 is 1.79 bits per heavy atom. The molecular formula is C11H9BrN2. The van der Waals surface area contributed by atoms with Crippen molar-refractivity contribution in [3.8, 4) is 0 Å². The molecule has 0 amide bonds.